The number of hydrogen-bond donors (Lipinski definition) is 0. The fourth-order valence-electron chi connectivity index (χ4n) is 0.653. The van der Waals surface area contributed by atoms with E-state index in [1.54, 1.807) is 6.92 Å². The molecule has 0 saturated heterocycles. The number of aryl methyl sites for hydroxylation is 1. The van der Waals surface area contributed by atoms with E-state index in [2.05, 4.69) is 9.68 Å². The Morgan fingerprint density at radius 2 is 2.60 bits per heavy atom. The maximum absolute atomic E-state index is 10.1. The van der Waals surface area contributed by atoms with Gasteiger partial charge in [-0.25, -0.2) is 0 Å². The van der Waals surface area contributed by atoms with Crippen molar-refractivity contribution < 1.29 is 9.45 Å². The Labute approximate surface area is 56.8 Å². The van der Waals surface area contributed by atoms with E-state index in [4.69, 9.17) is 0 Å². The molecule has 0 amide bonds. The quantitative estimate of drug-likeness (QED) is 0.458. The Morgan fingerprint density at radius 3 is 3.00 bits per heavy atom. The molecule has 0 spiro atoms. The SMILES string of the molecule is CCc1oncc1[N+](=O)[O-]. The average molecular weight is 142 g/mol. The summed E-state index contributed by atoms with van der Waals surface area (Å²) in [5.74, 6) is 0.324. The van der Waals surface area contributed by atoms with Gasteiger partial charge in [0.05, 0.1) is 4.92 Å². The zero-order chi connectivity index (χ0) is 7.56. The van der Waals surface area contributed by atoms with Crippen LogP contribution in [0.25, 0.3) is 0 Å². The second kappa shape index (κ2) is 2.47. The van der Waals surface area contributed by atoms with Crippen LogP contribution in [-0.4, -0.2) is 10.1 Å². The molecule has 0 atom stereocenters. The molecule has 0 unspecified atom stereocenters. The molecule has 0 aromatic carbocycles. The Hall–Kier alpha value is -1.39. The Balaban J connectivity index is 3.01. The number of aromatic nitrogens is 1. The molecule has 10 heavy (non-hydrogen) atoms. The lowest BCUT2D eigenvalue weighted by Gasteiger charge is -1.84. The third-order valence-electron chi connectivity index (χ3n) is 1.14. The van der Waals surface area contributed by atoms with Gasteiger partial charge in [-0.05, 0) is 0 Å². The van der Waals surface area contributed by atoms with Crippen molar-refractivity contribution in [3.05, 3.63) is 22.1 Å². The van der Waals surface area contributed by atoms with Crippen LogP contribution in [0.4, 0.5) is 5.69 Å². The highest BCUT2D eigenvalue weighted by molar-refractivity contribution is 5.28. The lowest BCUT2D eigenvalue weighted by Crippen LogP contribution is -1.88. The summed E-state index contributed by atoms with van der Waals surface area (Å²) in [7, 11) is 0. The lowest BCUT2D eigenvalue weighted by atomic mass is 10.3. The molecular formula is C5H6N2O3. The van der Waals surface area contributed by atoms with Crippen LogP contribution in [0.1, 0.15) is 12.7 Å². The van der Waals surface area contributed by atoms with Crippen molar-refractivity contribution in [1.29, 1.82) is 0 Å². The lowest BCUT2D eigenvalue weighted by molar-refractivity contribution is -0.386. The average Bonchev–Trinajstić information content (AvgIpc) is 2.33. The van der Waals surface area contributed by atoms with Crippen molar-refractivity contribution in [3.8, 4) is 0 Å². The zero-order valence-corrected chi connectivity index (χ0v) is 5.40. The number of nitro groups is 1. The molecule has 1 rings (SSSR count). The van der Waals surface area contributed by atoms with Gasteiger partial charge in [0, 0.05) is 6.42 Å². The fourth-order valence-corrected chi connectivity index (χ4v) is 0.653. The first kappa shape index (κ1) is 6.73. The van der Waals surface area contributed by atoms with Crippen molar-refractivity contribution in [2.24, 2.45) is 0 Å². The number of nitrogens with zero attached hydrogens (tertiary/aromatic N) is 2. The summed E-state index contributed by atoms with van der Waals surface area (Å²) in [6.07, 6.45) is 1.61. The van der Waals surface area contributed by atoms with Crippen molar-refractivity contribution >= 4 is 5.69 Å². The van der Waals surface area contributed by atoms with Crippen LogP contribution in [0.5, 0.6) is 0 Å². The smallest absolute Gasteiger partial charge is 0.331 e. The van der Waals surface area contributed by atoms with Gasteiger partial charge in [0.25, 0.3) is 0 Å². The molecule has 0 bridgehead atoms. The van der Waals surface area contributed by atoms with Crippen LogP contribution >= 0.6 is 0 Å². The topological polar surface area (TPSA) is 69.2 Å². The van der Waals surface area contributed by atoms with Gasteiger partial charge in [0.2, 0.25) is 5.76 Å². The molecule has 0 radical (unpaired) electrons. The van der Waals surface area contributed by atoms with Crippen molar-refractivity contribution in [1.82, 2.24) is 5.16 Å². The van der Waals surface area contributed by atoms with E-state index >= 15 is 0 Å². The molecule has 5 heteroatoms. The van der Waals surface area contributed by atoms with Gasteiger partial charge >= 0.3 is 5.69 Å². The maximum Gasteiger partial charge on any atom is 0.331 e. The van der Waals surface area contributed by atoms with Crippen molar-refractivity contribution in [2.75, 3.05) is 0 Å². The Morgan fingerprint density at radius 1 is 1.90 bits per heavy atom. The highest BCUT2D eigenvalue weighted by Gasteiger charge is 2.16. The molecule has 0 aliphatic heterocycles. The van der Waals surface area contributed by atoms with Gasteiger partial charge in [-0.3, -0.25) is 10.1 Å². The first-order chi connectivity index (χ1) is 4.75. The predicted octanol–water partition coefficient (Wildman–Crippen LogP) is 1.15. The van der Waals surface area contributed by atoms with E-state index < -0.39 is 4.92 Å². The monoisotopic (exact) mass is 142 g/mol. The summed E-state index contributed by atoms with van der Waals surface area (Å²) in [5, 5.41) is 13.4. The first-order valence-corrected chi connectivity index (χ1v) is 2.83. The molecule has 0 N–H and O–H groups in total. The highest BCUT2D eigenvalue weighted by Crippen LogP contribution is 2.16. The fraction of sp³-hybridized carbons (Fsp3) is 0.400. The normalized spacial score (nSPS) is 9.70. The summed E-state index contributed by atoms with van der Waals surface area (Å²) < 4.78 is 4.58. The molecule has 1 aromatic rings. The van der Waals surface area contributed by atoms with Crippen LogP contribution in [0, 0.1) is 10.1 Å². The number of hydrogen-bond acceptors (Lipinski definition) is 4. The van der Waals surface area contributed by atoms with Crippen molar-refractivity contribution in [2.45, 2.75) is 13.3 Å². The van der Waals surface area contributed by atoms with Crippen LogP contribution in [0.3, 0.4) is 0 Å². The Kier molecular flexibility index (Phi) is 1.66. The summed E-state index contributed by atoms with van der Waals surface area (Å²) in [6, 6.07) is 0. The first-order valence-electron chi connectivity index (χ1n) is 2.83. The van der Waals surface area contributed by atoms with Crippen LogP contribution in [0.2, 0.25) is 0 Å². The highest BCUT2D eigenvalue weighted by atomic mass is 16.6. The predicted molar refractivity (Wildman–Crippen MR) is 32.5 cm³/mol. The molecule has 5 nitrogen and oxygen atoms in total. The van der Waals surface area contributed by atoms with Crippen LogP contribution < -0.4 is 0 Å². The Bertz CT molecular complexity index is 243. The summed E-state index contributed by atoms with van der Waals surface area (Å²) in [5.41, 5.74) is -0.0394. The minimum absolute atomic E-state index is 0.0394. The second-order valence-corrected chi connectivity index (χ2v) is 1.74. The minimum atomic E-state index is -0.505. The van der Waals surface area contributed by atoms with Crippen LogP contribution in [0.15, 0.2) is 10.7 Å². The molecule has 0 saturated carbocycles. The summed E-state index contributed by atoms with van der Waals surface area (Å²) >= 11 is 0. The van der Waals surface area contributed by atoms with E-state index in [0.717, 1.165) is 6.20 Å². The molecule has 0 aliphatic rings. The van der Waals surface area contributed by atoms with Crippen molar-refractivity contribution in [3.63, 3.8) is 0 Å². The van der Waals surface area contributed by atoms with Gasteiger partial charge in [0.1, 0.15) is 6.20 Å². The van der Waals surface area contributed by atoms with E-state index in [1.165, 1.54) is 0 Å². The standard InChI is InChI=1S/C5H6N2O3/c1-2-5-4(7(8)9)3-6-10-5/h3H,2H2,1H3. The molecule has 54 valence electrons. The molecule has 1 heterocycles. The van der Waals surface area contributed by atoms with Gasteiger partial charge in [-0.15, -0.1) is 0 Å². The minimum Gasteiger partial charge on any atom is -0.354 e. The summed E-state index contributed by atoms with van der Waals surface area (Å²) in [6.45, 7) is 1.77. The molecule has 1 aromatic heterocycles. The van der Waals surface area contributed by atoms with Gasteiger partial charge in [-0.1, -0.05) is 12.1 Å². The zero-order valence-electron chi connectivity index (χ0n) is 5.40. The molecule has 0 fully saturated rings. The third kappa shape index (κ3) is 0.975. The van der Waals surface area contributed by atoms with E-state index in [1.807, 2.05) is 0 Å². The van der Waals surface area contributed by atoms with Gasteiger partial charge < -0.3 is 4.52 Å². The molecule has 0 aliphatic carbocycles. The third-order valence-corrected chi connectivity index (χ3v) is 1.14. The number of rotatable bonds is 2. The van der Waals surface area contributed by atoms with E-state index in [-0.39, 0.29) is 5.69 Å². The van der Waals surface area contributed by atoms with E-state index in [0.29, 0.717) is 12.2 Å². The van der Waals surface area contributed by atoms with Gasteiger partial charge in [-0.2, -0.15) is 0 Å². The summed E-state index contributed by atoms with van der Waals surface area (Å²) in [4.78, 5) is 9.64. The second-order valence-electron chi connectivity index (χ2n) is 1.74. The van der Waals surface area contributed by atoms with E-state index in [9.17, 15) is 10.1 Å². The largest absolute Gasteiger partial charge is 0.354 e. The van der Waals surface area contributed by atoms with Crippen LogP contribution in [-0.2, 0) is 6.42 Å². The maximum atomic E-state index is 10.1. The molecular weight excluding hydrogens is 136 g/mol. The van der Waals surface area contributed by atoms with Gasteiger partial charge in [0.15, 0.2) is 0 Å².